The summed E-state index contributed by atoms with van der Waals surface area (Å²) in [7, 11) is 2.13. The maximum Gasteiger partial charge on any atom is 0.151 e. The molecule has 0 radical (unpaired) electrons. The first kappa shape index (κ1) is 16.5. The lowest BCUT2D eigenvalue weighted by atomic mass is 10.1. The van der Waals surface area contributed by atoms with Gasteiger partial charge in [-0.2, -0.15) is 5.10 Å². The van der Waals surface area contributed by atoms with E-state index in [0.29, 0.717) is 16.1 Å². The summed E-state index contributed by atoms with van der Waals surface area (Å²) in [6.45, 7) is 2.88. The Labute approximate surface area is 147 Å². The van der Waals surface area contributed by atoms with E-state index in [1.807, 2.05) is 30.3 Å². The van der Waals surface area contributed by atoms with Crippen LogP contribution in [0.2, 0.25) is 10.0 Å². The molecule has 2 heterocycles. The molecule has 0 N–H and O–H groups in total. The molecule has 1 aliphatic rings. The Morgan fingerprint density at radius 2 is 2.13 bits per heavy atom. The number of aromatic nitrogens is 2. The highest BCUT2D eigenvalue weighted by molar-refractivity contribution is 6.42. The highest BCUT2D eigenvalue weighted by Gasteiger charge is 2.26. The van der Waals surface area contributed by atoms with E-state index in [9.17, 15) is 0 Å². The van der Waals surface area contributed by atoms with Crippen molar-refractivity contribution in [1.82, 2.24) is 15.1 Å². The Morgan fingerprint density at radius 1 is 1.26 bits per heavy atom. The van der Waals surface area contributed by atoms with Crippen LogP contribution >= 0.6 is 23.2 Å². The van der Waals surface area contributed by atoms with Gasteiger partial charge >= 0.3 is 0 Å². The second-order valence-electron chi connectivity index (χ2n) is 6.02. The fourth-order valence-electron chi connectivity index (χ4n) is 3.15. The summed E-state index contributed by atoms with van der Waals surface area (Å²) in [5.41, 5.74) is 1.17. The van der Waals surface area contributed by atoms with Gasteiger partial charge in [0.15, 0.2) is 5.82 Å². The predicted octanol–water partition coefficient (Wildman–Crippen LogP) is 3.88. The number of benzene rings is 1. The molecule has 1 atom stereocenters. The van der Waals surface area contributed by atoms with E-state index in [-0.39, 0.29) is 0 Å². The zero-order chi connectivity index (χ0) is 16.2. The molecular formula is C17H20Cl2N4. The van der Waals surface area contributed by atoms with Gasteiger partial charge in [-0.3, -0.25) is 0 Å². The maximum atomic E-state index is 6.10. The van der Waals surface area contributed by atoms with Crippen LogP contribution in [0.15, 0.2) is 36.5 Å². The Morgan fingerprint density at radius 3 is 2.87 bits per heavy atom. The molecule has 1 aliphatic heterocycles. The summed E-state index contributed by atoms with van der Waals surface area (Å²) in [4.78, 5) is 4.68. The van der Waals surface area contributed by atoms with Gasteiger partial charge in [-0.05, 0) is 49.7 Å². The lowest BCUT2D eigenvalue weighted by Gasteiger charge is -2.29. The summed E-state index contributed by atoms with van der Waals surface area (Å²) in [5.74, 6) is 0.970. The smallest absolute Gasteiger partial charge is 0.151 e. The first-order valence-electron chi connectivity index (χ1n) is 7.80. The zero-order valence-corrected chi connectivity index (χ0v) is 14.6. The molecular weight excluding hydrogens is 331 g/mol. The fraction of sp³-hybridized carbons (Fsp3) is 0.412. The number of hydrogen-bond acceptors (Lipinski definition) is 4. The van der Waals surface area contributed by atoms with Crippen molar-refractivity contribution in [1.29, 1.82) is 0 Å². The molecule has 0 saturated carbocycles. The minimum atomic E-state index is 0.472. The molecule has 1 fully saturated rings. The molecule has 6 heteroatoms. The van der Waals surface area contributed by atoms with E-state index < -0.39 is 0 Å². The third-order valence-electron chi connectivity index (χ3n) is 4.19. The van der Waals surface area contributed by atoms with Crippen LogP contribution in [0.3, 0.4) is 0 Å². The van der Waals surface area contributed by atoms with Gasteiger partial charge in [-0.25, -0.2) is 0 Å². The minimum Gasteiger partial charge on any atom is -0.351 e. The highest BCUT2D eigenvalue weighted by atomic mass is 35.5. The molecule has 1 saturated heterocycles. The van der Waals surface area contributed by atoms with Gasteiger partial charge in [-0.1, -0.05) is 29.3 Å². The third kappa shape index (κ3) is 4.14. The van der Waals surface area contributed by atoms with Gasteiger partial charge in [0.05, 0.1) is 10.0 Å². The van der Waals surface area contributed by atoms with E-state index in [1.54, 1.807) is 6.20 Å². The summed E-state index contributed by atoms with van der Waals surface area (Å²) in [5, 5.41) is 9.46. The number of hydrogen-bond donors (Lipinski definition) is 0. The van der Waals surface area contributed by atoms with E-state index in [1.165, 1.54) is 18.4 Å². The van der Waals surface area contributed by atoms with Crippen LogP contribution in [0.4, 0.5) is 5.82 Å². The third-order valence-corrected chi connectivity index (χ3v) is 4.93. The van der Waals surface area contributed by atoms with E-state index >= 15 is 0 Å². The lowest BCUT2D eigenvalue weighted by Crippen LogP contribution is -2.39. The van der Waals surface area contributed by atoms with Crippen LogP contribution in [0.25, 0.3) is 0 Å². The largest absolute Gasteiger partial charge is 0.351 e. The van der Waals surface area contributed by atoms with Crippen LogP contribution in [0, 0.1) is 0 Å². The Balaban J connectivity index is 1.62. The van der Waals surface area contributed by atoms with Gasteiger partial charge in [-0.15, -0.1) is 5.10 Å². The summed E-state index contributed by atoms with van der Waals surface area (Å²) in [6, 6.07) is 10.3. The van der Waals surface area contributed by atoms with E-state index in [2.05, 4.69) is 27.0 Å². The number of nitrogens with zero attached hydrogens (tertiary/aromatic N) is 4. The van der Waals surface area contributed by atoms with Crippen molar-refractivity contribution in [3.63, 3.8) is 0 Å². The van der Waals surface area contributed by atoms with Crippen molar-refractivity contribution in [3.05, 3.63) is 52.1 Å². The monoisotopic (exact) mass is 350 g/mol. The second kappa shape index (κ2) is 7.47. The first-order chi connectivity index (χ1) is 11.1. The van der Waals surface area contributed by atoms with E-state index in [0.717, 1.165) is 25.5 Å². The quantitative estimate of drug-likeness (QED) is 0.818. The summed E-state index contributed by atoms with van der Waals surface area (Å²) < 4.78 is 0. The van der Waals surface area contributed by atoms with Crippen molar-refractivity contribution < 1.29 is 0 Å². The van der Waals surface area contributed by atoms with Crippen LogP contribution in [0.1, 0.15) is 18.4 Å². The summed E-state index contributed by atoms with van der Waals surface area (Å²) in [6.07, 6.45) is 4.09. The number of rotatable bonds is 5. The van der Waals surface area contributed by atoms with Gasteiger partial charge in [0.25, 0.3) is 0 Å². The molecule has 122 valence electrons. The molecule has 2 aromatic rings. The van der Waals surface area contributed by atoms with E-state index in [4.69, 9.17) is 23.2 Å². The zero-order valence-electron chi connectivity index (χ0n) is 13.1. The first-order valence-corrected chi connectivity index (χ1v) is 8.56. The van der Waals surface area contributed by atoms with Gasteiger partial charge < -0.3 is 9.80 Å². The number of halogens is 2. The second-order valence-corrected chi connectivity index (χ2v) is 6.83. The maximum absolute atomic E-state index is 6.10. The number of likely N-dealkylation sites (N-methyl/N-ethyl adjacent to an activating group) is 1. The molecule has 23 heavy (non-hydrogen) atoms. The average Bonchev–Trinajstić information content (AvgIpc) is 3.00. The lowest BCUT2D eigenvalue weighted by molar-refractivity contribution is 0.303. The minimum absolute atomic E-state index is 0.472. The molecule has 0 aliphatic carbocycles. The molecule has 3 rings (SSSR count). The molecule has 0 bridgehead atoms. The predicted molar refractivity (Wildman–Crippen MR) is 95.2 cm³/mol. The number of anilines is 1. The van der Waals surface area contributed by atoms with Crippen molar-refractivity contribution >= 4 is 29.0 Å². The Bertz CT molecular complexity index is 650. The molecule has 0 spiro atoms. The summed E-state index contributed by atoms with van der Waals surface area (Å²) >= 11 is 12.1. The van der Waals surface area contributed by atoms with Crippen LogP contribution in [-0.2, 0) is 6.54 Å². The van der Waals surface area contributed by atoms with Crippen LogP contribution in [-0.4, -0.2) is 41.3 Å². The SMILES string of the molecule is CN(Cc1ccc(Cl)c(Cl)c1)CC1CCCN1c1cccnn1. The topological polar surface area (TPSA) is 32.3 Å². The molecule has 1 aromatic heterocycles. The standard InChI is InChI=1S/C17H20Cl2N4/c1-22(11-13-6-7-15(18)16(19)10-13)12-14-4-3-9-23(14)17-5-2-8-20-21-17/h2,5-8,10,14H,3-4,9,11-12H2,1H3. The molecule has 1 aromatic carbocycles. The van der Waals surface area contributed by atoms with Crippen LogP contribution < -0.4 is 4.90 Å². The van der Waals surface area contributed by atoms with Crippen LogP contribution in [0.5, 0.6) is 0 Å². The Hall–Kier alpha value is -1.36. The van der Waals surface area contributed by atoms with Gasteiger partial charge in [0.1, 0.15) is 0 Å². The van der Waals surface area contributed by atoms with Gasteiger partial charge in [0, 0.05) is 31.9 Å². The molecule has 1 unspecified atom stereocenters. The highest BCUT2D eigenvalue weighted by Crippen LogP contribution is 2.25. The van der Waals surface area contributed by atoms with Gasteiger partial charge in [0.2, 0.25) is 0 Å². The fourth-order valence-corrected chi connectivity index (χ4v) is 3.47. The van der Waals surface area contributed by atoms with Crippen molar-refractivity contribution in [2.75, 3.05) is 25.0 Å². The van der Waals surface area contributed by atoms with Crippen molar-refractivity contribution in [3.8, 4) is 0 Å². The average molecular weight is 351 g/mol. The van der Waals surface area contributed by atoms with Crippen molar-refractivity contribution in [2.24, 2.45) is 0 Å². The Kier molecular flexibility index (Phi) is 5.36. The molecule has 4 nitrogen and oxygen atoms in total. The van der Waals surface area contributed by atoms with Crippen molar-refractivity contribution in [2.45, 2.75) is 25.4 Å². The normalized spacial score (nSPS) is 17.9. The molecule has 0 amide bonds.